The highest BCUT2D eigenvalue weighted by molar-refractivity contribution is 5.71. The SMILES string of the molecule is CCc1cc(CO[C@H](C)C(=O)O)n(C)n1. The van der Waals surface area contributed by atoms with Crippen LogP contribution >= 0.6 is 0 Å². The van der Waals surface area contributed by atoms with E-state index < -0.39 is 12.1 Å². The zero-order valence-corrected chi connectivity index (χ0v) is 9.23. The van der Waals surface area contributed by atoms with Gasteiger partial charge in [0.1, 0.15) is 0 Å². The Kier molecular flexibility index (Phi) is 3.85. The maximum Gasteiger partial charge on any atom is 0.332 e. The van der Waals surface area contributed by atoms with Crippen molar-refractivity contribution in [2.45, 2.75) is 33.0 Å². The second-order valence-corrected chi connectivity index (χ2v) is 3.40. The number of rotatable bonds is 5. The van der Waals surface area contributed by atoms with Crippen molar-refractivity contribution in [3.05, 3.63) is 17.5 Å². The zero-order chi connectivity index (χ0) is 11.4. The fourth-order valence-electron chi connectivity index (χ4n) is 1.16. The molecule has 0 saturated heterocycles. The van der Waals surface area contributed by atoms with Gasteiger partial charge in [-0.05, 0) is 19.4 Å². The van der Waals surface area contributed by atoms with E-state index in [4.69, 9.17) is 9.84 Å². The molecule has 0 aliphatic rings. The minimum Gasteiger partial charge on any atom is -0.479 e. The number of aromatic nitrogens is 2. The summed E-state index contributed by atoms with van der Waals surface area (Å²) in [4.78, 5) is 10.5. The summed E-state index contributed by atoms with van der Waals surface area (Å²) in [5.74, 6) is -0.951. The molecule has 5 heteroatoms. The average molecular weight is 212 g/mol. The summed E-state index contributed by atoms with van der Waals surface area (Å²) in [6.07, 6.45) is 0.0764. The number of aryl methyl sites for hydroxylation is 2. The van der Waals surface area contributed by atoms with Gasteiger partial charge in [0.05, 0.1) is 18.0 Å². The molecule has 0 aliphatic heterocycles. The third-order valence-corrected chi connectivity index (χ3v) is 2.22. The van der Waals surface area contributed by atoms with E-state index >= 15 is 0 Å². The lowest BCUT2D eigenvalue weighted by atomic mass is 10.3. The van der Waals surface area contributed by atoms with Gasteiger partial charge in [-0.3, -0.25) is 4.68 Å². The average Bonchev–Trinajstić information content (AvgIpc) is 2.55. The number of hydrogen-bond donors (Lipinski definition) is 1. The molecule has 0 spiro atoms. The Balaban J connectivity index is 2.57. The molecule has 0 unspecified atom stereocenters. The summed E-state index contributed by atoms with van der Waals surface area (Å²) >= 11 is 0. The molecule has 84 valence electrons. The third-order valence-electron chi connectivity index (χ3n) is 2.22. The lowest BCUT2D eigenvalue weighted by Gasteiger charge is -2.07. The van der Waals surface area contributed by atoms with Gasteiger partial charge in [-0.1, -0.05) is 6.92 Å². The van der Waals surface area contributed by atoms with Crippen LogP contribution < -0.4 is 0 Å². The molecule has 0 radical (unpaired) electrons. The van der Waals surface area contributed by atoms with Crippen LogP contribution in [0.5, 0.6) is 0 Å². The number of carboxylic acids is 1. The van der Waals surface area contributed by atoms with Crippen LogP contribution in [-0.2, 0) is 29.6 Å². The summed E-state index contributed by atoms with van der Waals surface area (Å²) in [6, 6.07) is 1.93. The monoisotopic (exact) mass is 212 g/mol. The van der Waals surface area contributed by atoms with Gasteiger partial charge in [-0.15, -0.1) is 0 Å². The van der Waals surface area contributed by atoms with E-state index in [1.807, 2.05) is 20.0 Å². The van der Waals surface area contributed by atoms with Crippen LogP contribution in [0.15, 0.2) is 6.07 Å². The van der Waals surface area contributed by atoms with Crippen molar-refractivity contribution in [1.82, 2.24) is 9.78 Å². The van der Waals surface area contributed by atoms with Crippen LogP contribution in [0, 0.1) is 0 Å². The molecule has 0 amide bonds. The molecule has 0 aliphatic carbocycles. The molecule has 0 saturated carbocycles. The van der Waals surface area contributed by atoms with Gasteiger partial charge in [0.25, 0.3) is 0 Å². The van der Waals surface area contributed by atoms with E-state index in [1.54, 1.807) is 4.68 Å². The number of carboxylic acid groups (broad SMARTS) is 1. The topological polar surface area (TPSA) is 64.3 Å². The molecule has 1 rings (SSSR count). The van der Waals surface area contributed by atoms with Crippen molar-refractivity contribution in [1.29, 1.82) is 0 Å². The Hall–Kier alpha value is -1.36. The first kappa shape index (κ1) is 11.7. The Morgan fingerprint density at radius 1 is 1.73 bits per heavy atom. The van der Waals surface area contributed by atoms with Crippen molar-refractivity contribution >= 4 is 5.97 Å². The first-order chi connectivity index (χ1) is 7.04. The van der Waals surface area contributed by atoms with Gasteiger partial charge in [-0.25, -0.2) is 4.79 Å². The molecule has 1 aromatic rings. The Bertz CT molecular complexity index is 346. The molecule has 1 heterocycles. The van der Waals surface area contributed by atoms with Crippen LogP contribution in [0.1, 0.15) is 25.2 Å². The largest absolute Gasteiger partial charge is 0.479 e. The molecular weight excluding hydrogens is 196 g/mol. The second-order valence-electron chi connectivity index (χ2n) is 3.40. The maximum absolute atomic E-state index is 10.5. The lowest BCUT2D eigenvalue weighted by molar-refractivity contribution is -0.150. The molecule has 1 N–H and O–H groups in total. The number of carbonyl (C=O) groups is 1. The van der Waals surface area contributed by atoms with E-state index in [-0.39, 0.29) is 6.61 Å². The minimum absolute atomic E-state index is 0.275. The fourth-order valence-corrected chi connectivity index (χ4v) is 1.16. The van der Waals surface area contributed by atoms with E-state index in [0.29, 0.717) is 0 Å². The van der Waals surface area contributed by atoms with Gasteiger partial charge in [0.2, 0.25) is 0 Å². The van der Waals surface area contributed by atoms with Crippen molar-refractivity contribution < 1.29 is 14.6 Å². The molecule has 0 fully saturated rings. The third kappa shape index (κ3) is 3.06. The Morgan fingerprint density at radius 3 is 2.87 bits per heavy atom. The first-order valence-corrected chi connectivity index (χ1v) is 4.90. The van der Waals surface area contributed by atoms with E-state index in [9.17, 15) is 4.79 Å². The molecule has 0 bridgehead atoms. The van der Waals surface area contributed by atoms with Crippen LogP contribution in [-0.4, -0.2) is 27.0 Å². The zero-order valence-electron chi connectivity index (χ0n) is 9.23. The smallest absolute Gasteiger partial charge is 0.332 e. The Labute approximate surface area is 88.7 Å². The summed E-state index contributed by atoms with van der Waals surface area (Å²) in [7, 11) is 1.82. The van der Waals surface area contributed by atoms with Crippen LogP contribution in [0.3, 0.4) is 0 Å². The standard InChI is InChI=1S/C10H16N2O3/c1-4-8-5-9(12(3)11-8)6-15-7(2)10(13)14/h5,7H,4,6H2,1-3H3,(H,13,14)/t7-/m1/s1. The molecule has 5 nitrogen and oxygen atoms in total. The van der Waals surface area contributed by atoms with Crippen molar-refractivity contribution in [2.24, 2.45) is 7.05 Å². The Morgan fingerprint density at radius 2 is 2.40 bits per heavy atom. The molecule has 1 aromatic heterocycles. The van der Waals surface area contributed by atoms with Crippen LogP contribution in [0.25, 0.3) is 0 Å². The quantitative estimate of drug-likeness (QED) is 0.790. The number of ether oxygens (including phenoxy) is 1. The molecular formula is C10H16N2O3. The van der Waals surface area contributed by atoms with Crippen molar-refractivity contribution in [3.63, 3.8) is 0 Å². The minimum atomic E-state index is -0.951. The van der Waals surface area contributed by atoms with Crippen molar-refractivity contribution in [3.8, 4) is 0 Å². The van der Waals surface area contributed by atoms with Gasteiger partial charge in [-0.2, -0.15) is 5.10 Å². The number of aliphatic carboxylic acids is 1. The van der Waals surface area contributed by atoms with Gasteiger partial charge in [0, 0.05) is 7.05 Å². The summed E-state index contributed by atoms with van der Waals surface area (Å²) in [5, 5.41) is 12.9. The van der Waals surface area contributed by atoms with Crippen LogP contribution in [0.4, 0.5) is 0 Å². The van der Waals surface area contributed by atoms with E-state index in [0.717, 1.165) is 17.8 Å². The maximum atomic E-state index is 10.5. The van der Waals surface area contributed by atoms with Gasteiger partial charge < -0.3 is 9.84 Å². The highest BCUT2D eigenvalue weighted by atomic mass is 16.5. The highest BCUT2D eigenvalue weighted by Gasteiger charge is 2.12. The molecule has 15 heavy (non-hydrogen) atoms. The fraction of sp³-hybridized carbons (Fsp3) is 0.600. The van der Waals surface area contributed by atoms with E-state index in [1.165, 1.54) is 6.92 Å². The predicted octanol–water partition coefficient (Wildman–Crippen LogP) is 0.972. The molecule has 1 atom stereocenters. The summed E-state index contributed by atoms with van der Waals surface area (Å²) in [6.45, 7) is 3.81. The normalized spacial score (nSPS) is 12.7. The van der Waals surface area contributed by atoms with Gasteiger partial charge in [0.15, 0.2) is 6.10 Å². The highest BCUT2D eigenvalue weighted by Crippen LogP contribution is 2.06. The predicted molar refractivity (Wildman–Crippen MR) is 54.5 cm³/mol. The first-order valence-electron chi connectivity index (χ1n) is 4.90. The van der Waals surface area contributed by atoms with Crippen LogP contribution in [0.2, 0.25) is 0 Å². The lowest BCUT2D eigenvalue weighted by Crippen LogP contribution is -2.20. The van der Waals surface area contributed by atoms with Crippen molar-refractivity contribution in [2.75, 3.05) is 0 Å². The van der Waals surface area contributed by atoms with Gasteiger partial charge >= 0.3 is 5.97 Å². The second kappa shape index (κ2) is 4.93. The number of nitrogens with zero attached hydrogens (tertiary/aromatic N) is 2. The number of hydrogen-bond acceptors (Lipinski definition) is 3. The summed E-state index contributed by atoms with van der Waals surface area (Å²) in [5.41, 5.74) is 1.87. The summed E-state index contributed by atoms with van der Waals surface area (Å²) < 4.78 is 6.88. The van der Waals surface area contributed by atoms with E-state index in [2.05, 4.69) is 5.10 Å². The molecule has 0 aromatic carbocycles.